The van der Waals surface area contributed by atoms with Crippen molar-refractivity contribution in [2.24, 2.45) is 0 Å². The van der Waals surface area contributed by atoms with Crippen LogP contribution in [0.3, 0.4) is 0 Å². The molecule has 4 rings (SSSR count). The van der Waals surface area contributed by atoms with E-state index in [1.54, 1.807) is 42.7 Å². The van der Waals surface area contributed by atoms with Gasteiger partial charge in [0.25, 0.3) is 0 Å². The predicted molar refractivity (Wildman–Crippen MR) is 97.6 cm³/mol. The molecule has 8 heteroatoms. The van der Waals surface area contributed by atoms with Crippen LogP contribution in [0.15, 0.2) is 65.4 Å². The van der Waals surface area contributed by atoms with Crippen LogP contribution in [0.4, 0.5) is 14.6 Å². The number of ether oxygens (including phenoxy) is 1. The van der Waals surface area contributed by atoms with Crippen molar-refractivity contribution in [2.75, 3.05) is 5.73 Å². The molecule has 4 aromatic rings. The zero-order valence-electron chi connectivity index (χ0n) is 14.5. The highest BCUT2D eigenvalue weighted by atomic mass is 19.1. The molecule has 0 saturated heterocycles. The summed E-state index contributed by atoms with van der Waals surface area (Å²) in [5.74, 6) is -0.486. The highest BCUT2D eigenvalue weighted by Crippen LogP contribution is 2.26. The van der Waals surface area contributed by atoms with Gasteiger partial charge in [0.05, 0.1) is 11.3 Å². The third-order valence-corrected chi connectivity index (χ3v) is 3.95. The highest BCUT2D eigenvalue weighted by molar-refractivity contribution is 5.69. The molecule has 0 spiro atoms. The molecular weight excluding hydrogens is 366 g/mol. The molecular formula is C20H14F2N4O2. The Morgan fingerprint density at radius 3 is 2.68 bits per heavy atom. The van der Waals surface area contributed by atoms with Crippen molar-refractivity contribution in [1.29, 1.82) is 0 Å². The van der Waals surface area contributed by atoms with E-state index in [-0.39, 0.29) is 11.6 Å². The third kappa shape index (κ3) is 3.80. The van der Waals surface area contributed by atoms with Crippen LogP contribution >= 0.6 is 0 Å². The number of pyridine rings is 2. The van der Waals surface area contributed by atoms with Gasteiger partial charge in [0.15, 0.2) is 17.3 Å². The van der Waals surface area contributed by atoms with Gasteiger partial charge in [-0.25, -0.2) is 18.7 Å². The summed E-state index contributed by atoms with van der Waals surface area (Å²) in [4.78, 5) is 8.16. The molecule has 0 radical (unpaired) electrons. The first kappa shape index (κ1) is 17.6. The molecule has 0 amide bonds. The maximum Gasteiger partial charge on any atom is 0.219 e. The topological polar surface area (TPSA) is 87.1 Å². The molecule has 0 unspecified atom stereocenters. The summed E-state index contributed by atoms with van der Waals surface area (Å²) in [6.07, 6.45) is 3.66. The van der Waals surface area contributed by atoms with E-state index >= 15 is 0 Å². The SMILES string of the molecule is Nc1ncccc1-c1cc(Cc2ccc(Oc3ccc(F)cc3F)nc2)no1. The molecule has 0 aliphatic heterocycles. The fraction of sp³-hybridized carbons (Fsp3) is 0.0500. The Labute approximate surface area is 158 Å². The minimum atomic E-state index is -0.796. The molecule has 0 aliphatic rings. The number of hydrogen-bond acceptors (Lipinski definition) is 6. The number of halogens is 2. The molecule has 3 aromatic heterocycles. The lowest BCUT2D eigenvalue weighted by Crippen LogP contribution is -1.94. The third-order valence-electron chi connectivity index (χ3n) is 3.95. The second kappa shape index (κ2) is 7.43. The predicted octanol–water partition coefficient (Wildman–Crippen LogP) is 4.38. The number of rotatable bonds is 5. The molecule has 1 aromatic carbocycles. The minimum absolute atomic E-state index is 0.100. The quantitative estimate of drug-likeness (QED) is 0.553. The van der Waals surface area contributed by atoms with E-state index in [1.165, 1.54) is 6.07 Å². The van der Waals surface area contributed by atoms with Crippen LogP contribution in [0.25, 0.3) is 11.3 Å². The maximum absolute atomic E-state index is 13.6. The zero-order valence-corrected chi connectivity index (χ0v) is 14.5. The van der Waals surface area contributed by atoms with Crippen molar-refractivity contribution in [1.82, 2.24) is 15.1 Å². The van der Waals surface area contributed by atoms with Crippen molar-refractivity contribution in [3.63, 3.8) is 0 Å². The molecule has 28 heavy (non-hydrogen) atoms. The summed E-state index contributed by atoms with van der Waals surface area (Å²) < 4.78 is 37.3. The number of nitrogens with zero attached hydrogens (tertiary/aromatic N) is 3. The number of anilines is 1. The van der Waals surface area contributed by atoms with Crippen molar-refractivity contribution in [2.45, 2.75) is 6.42 Å². The monoisotopic (exact) mass is 380 g/mol. The Morgan fingerprint density at radius 2 is 1.93 bits per heavy atom. The van der Waals surface area contributed by atoms with E-state index in [1.807, 2.05) is 0 Å². The lowest BCUT2D eigenvalue weighted by atomic mass is 10.1. The molecule has 0 aliphatic carbocycles. The van der Waals surface area contributed by atoms with Gasteiger partial charge in [-0.1, -0.05) is 11.2 Å². The summed E-state index contributed by atoms with van der Waals surface area (Å²) in [5, 5.41) is 4.04. The fourth-order valence-electron chi connectivity index (χ4n) is 2.60. The molecule has 0 bridgehead atoms. The van der Waals surface area contributed by atoms with Crippen molar-refractivity contribution in [3.05, 3.63) is 83.8 Å². The van der Waals surface area contributed by atoms with E-state index in [2.05, 4.69) is 15.1 Å². The van der Waals surface area contributed by atoms with Gasteiger partial charge < -0.3 is 15.0 Å². The zero-order chi connectivity index (χ0) is 19.5. The molecule has 0 saturated carbocycles. The second-order valence-corrected chi connectivity index (χ2v) is 5.98. The van der Waals surface area contributed by atoms with E-state index in [0.717, 1.165) is 17.7 Å². The smallest absolute Gasteiger partial charge is 0.219 e. The Morgan fingerprint density at radius 1 is 1.04 bits per heavy atom. The number of nitrogen functional groups attached to an aromatic ring is 1. The van der Waals surface area contributed by atoms with Crippen molar-refractivity contribution < 1.29 is 18.0 Å². The highest BCUT2D eigenvalue weighted by Gasteiger charge is 2.11. The van der Waals surface area contributed by atoms with E-state index in [0.29, 0.717) is 29.3 Å². The first-order valence-electron chi connectivity index (χ1n) is 8.33. The van der Waals surface area contributed by atoms with Crippen molar-refractivity contribution >= 4 is 5.82 Å². The summed E-state index contributed by atoms with van der Waals surface area (Å²) in [6, 6.07) is 11.8. The normalized spacial score (nSPS) is 10.8. The Kier molecular flexibility index (Phi) is 4.67. The van der Waals surface area contributed by atoms with Crippen LogP contribution < -0.4 is 10.5 Å². The number of nitrogens with two attached hydrogens (primary N) is 1. The maximum atomic E-state index is 13.6. The summed E-state index contributed by atoms with van der Waals surface area (Å²) >= 11 is 0. The van der Waals surface area contributed by atoms with Crippen molar-refractivity contribution in [3.8, 4) is 23.0 Å². The van der Waals surface area contributed by atoms with Gasteiger partial charge in [-0.2, -0.15) is 0 Å². The lowest BCUT2D eigenvalue weighted by molar-refractivity contribution is 0.422. The van der Waals surface area contributed by atoms with E-state index in [4.69, 9.17) is 15.0 Å². The Balaban J connectivity index is 1.46. The van der Waals surface area contributed by atoms with Crippen LogP contribution in [-0.2, 0) is 6.42 Å². The largest absolute Gasteiger partial charge is 0.436 e. The van der Waals surface area contributed by atoms with Gasteiger partial charge in [-0.05, 0) is 29.8 Å². The average Bonchev–Trinajstić information content (AvgIpc) is 3.14. The lowest BCUT2D eigenvalue weighted by Gasteiger charge is -2.06. The van der Waals surface area contributed by atoms with Gasteiger partial charge in [0.1, 0.15) is 11.6 Å². The van der Waals surface area contributed by atoms with Crippen LogP contribution in [0.2, 0.25) is 0 Å². The van der Waals surface area contributed by atoms with Gasteiger partial charge >= 0.3 is 0 Å². The van der Waals surface area contributed by atoms with Gasteiger partial charge in [0.2, 0.25) is 5.88 Å². The van der Waals surface area contributed by atoms with Crippen LogP contribution in [0.1, 0.15) is 11.3 Å². The van der Waals surface area contributed by atoms with E-state index < -0.39 is 11.6 Å². The molecule has 6 nitrogen and oxygen atoms in total. The average molecular weight is 380 g/mol. The first-order chi connectivity index (χ1) is 13.6. The molecule has 0 fully saturated rings. The first-order valence-corrected chi connectivity index (χ1v) is 8.33. The Hall–Kier alpha value is -3.81. The summed E-state index contributed by atoms with van der Waals surface area (Å²) in [6.45, 7) is 0. The van der Waals surface area contributed by atoms with Crippen LogP contribution in [0.5, 0.6) is 11.6 Å². The molecule has 3 heterocycles. The van der Waals surface area contributed by atoms with Gasteiger partial charge in [-0.15, -0.1) is 0 Å². The van der Waals surface area contributed by atoms with Gasteiger partial charge in [0, 0.05) is 37.0 Å². The molecule has 0 atom stereocenters. The summed E-state index contributed by atoms with van der Waals surface area (Å²) in [5.41, 5.74) is 8.06. The number of hydrogen-bond donors (Lipinski definition) is 1. The number of benzene rings is 1. The molecule has 2 N–H and O–H groups in total. The van der Waals surface area contributed by atoms with Crippen LogP contribution in [-0.4, -0.2) is 15.1 Å². The minimum Gasteiger partial charge on any atom is -0.436 e. The Bertz CT molecular complexity index is 1110. The van der Waals surface area contributed by atoms with E-state index in [9.17, 15) is 8.78 Å². The fourth-order valence-corrected chi connectivity index (χ4v) is 2.60. The van der Waals surface area contributed by atoms with Gasteiger partial charge in [-0.3, -0.25) is 0 Å². The second-order valence-electron chi connectivity index (χ2n) is 5.98. The standard InChI is InChI=1S/C20H14F2N4O2/c21-13-4-5-17(16(22)9-13)27-19-6-3-12(11-25-19)8-14-10-18(28-26-14)15-2-1-7-24-20(15)23/h1-7,9-11H,8H2,(H2,23,24). The summed E-state index contributed by atoms with van der Waals surface area (Å²) in [7, 11) is 0. The number of aromatic nitrogens is 3. The molecule has 140 valence electrons. The van der Waals surface area contributed by atoms with Crippen LogP contribution in [0, 0.1) is 11.6 Å².